The van der Waals surface area contributed by atoms with Gasteiger partial charge in [-0.05, 0) is 26.2 Å². The normalized spacial score (nSPS) is 27.4. The molecule has 1 atom stereocenters. The smallest absolute Gasteiger partial charge is 0.329 e. The Hall–Kier alpha value is -1.34. The van der Waals surface area contributed by atoms with E-state index in [9.17, 15) is 14.7 Å². The number of carboxylic acids is 1. The summed E-state index contributed by atoms with van der Waals surface area (Å²) in [6.45, 7) is 6.67. The minimum atomic E-state index is -1.08. The third-order valence-corrected chi connectivity index (χ3v) is 4.40. The Kier molecular flexibility index (Phi) is 5.41. The van der Waals surface area contributed by atoms with Gasteiger partial charge in [0.25, 0.3) is 0 Å². The first-order valence-electron chi connectivity index (χ1n) is 7.63. The van der Waals surface area contributed by atoms with Crippen molar-refractivity contribution in [2.75, 3.05) is 45.9 Å². The number of rotatable bonds is 4. The number of ether oxygens (including phenoxy) is 1. The molecular formula is C14H25N3O4. The third kappa shape index (κ3) is 3.85. The molecule has 0 bridgehead atoms. The van der Waals surface area contributed by atoms with Gasteiger partial charge in [0.2, 0.25) is 0 Å². The van der Waals surface area contributed by atoms with Crippen LogP contribution in [-0.2, 0) is 9.53 Å². The van der Waals surface area contributed by atoms with Crippen LogP contribution in [0.1, 0.15) is 26.2 Å². The van der Waals surface area contributed by atoms with Gasteiger partial charge in [0.15, 0.2) is 0 Å². The summed E-state index contributed by atoms with van der Waals surface area (Å²) in [6.07, 6.45) is 2.22. The lowest BCUT2D eigenvalue weighted by molar-refractivity contribution is -0.150. The molecule has 1 unspecified atom stereocenters. The Morgan fingerprint density at radius 2 is 1.95 bits per heavy atom. The Balaban J connectivity index is 1.82. The van der Waals surface area contributed by atoms with Crippen LogP contribution in [0.25, 0.3) is 0 Å². The summed E-state index contributed by atoms with van der Waals surface area (Å²) >= 11 is 0. The minimum absolute atomic E-state index is 0.271. The number of nitrogens with one attached hydrogen (secondary N) is 1. The summed E-state index contributed by atoms with van der Waals surface area (Å²) < 4.78 is 5.27. The van der Waals surface area contributed by atoms with Crippen LogP contribution in [0.15, 0.2) is 0 Å². The number of hydrogen-bond donors (Lipinski definition) is 2. The second-order valence-corrected chi connectivity index (χ2v) is 5.87. The fraction of sp³-hybridized carbons (Fsp3) is 0.857. The van der Waals surface area contributed by atoms with Gasteiger partial charge in [0.1, 0.15) is 5.54 Å². The zero-order chi connectivity index (χ0) is 15.3. The maximum absolute atomic E-state index is 12.3. The third-order valence-electron chi connectivity index (χ3n) is 4.40. The van der Waals surface area contributed by atoms with Crippen molar-refractivity contribution in [3.05, 3.63) is 0 Å². The number of carbonyl (C=O) groups is 2. The van der Waals surface area contributed by atoms with Gasteiger partial charge in [-0.3, -0.25) is 4.90 Å². The first-order chi connectivity index (χ1) is 10.0. The molecule has 120 valence electrons. The highest BCUT2D eigenvalue weighted by Crippen LogP contribution is 2.28. The molecule has 2 N–H and O–H groups in total. The number of carbonyl (C=O) groups excluding carboxylic acids is 1. The highest BCUT2D eigenvalue weighted by molar-refractivity contribution is 5.86. The Morgan fingerprint density at radius 3 is 2.62 bits per heavy atom. The maximum atomic E-state index is 12.3. The van der Waals surface area contributed by atoms with Gasteiger partial charge >= 0.3 is 12.0 Å². The van der Waals surface area contributed by atoms with Gasteiger partial charge < -0.3 is 20.1 Å². The fourth-order valence-electron chi connectivity index (χ4n) is 2.91. The van der Waals surface area contributed by atoms with E-state index in [-0.39, 0.29) is 6.03 Å². The lowest BCUT2D eigenvalue weighted by Crippen LogP contribution is -2.60. The van der Waals surface area contributed by atoms with E-state index in [1.54, 1.807) is 6.92 Å². The van der Waals surface area contributed by atoms with Crippen molar-refractivity contribution in [1.82, 2.24) is 15.1 Å². The first kappa shape index (κ1) is 16.0. The van der Waals surface area contributed by atoms with E-state index in [2.05, 4.69) is 10.2 Å². The molecule has 2 heterocycles. The van der Waals surface area contributed by atoms with Crippen molar-refractivity contribution in [2.45, 2.75) is 31.7 Å². The largest absolute Gasteiger partial charge is 0.480 e. The average Bonchev–Trinajstić information content (AvgIpc) is 2.48. The Bertz CT molecular complexity index is 384. The molecule has 2 rings (SSSR count). The number of carboxylic acid groups (broad SMARTS) is 1. The maximum Gasteiger partial charge on any atom is 0.329 e. The SMILES string of the molecule is CC1(C(=O)O)CCCCN1C(=O)NCCN1CCOCC1. The van der Waals surface area contributed by atoms with Crippen LogP contribution in [-0.4, -0.2) is 78.4 Å². The van der Waals surface area contributed by atoms with Crippen LogP contribution in [0.2, 0.25) is 0 Å². The summed E-state index contributed by atoms with van der Waals surface area (Å²) in [4.78, 5) is 27.4. The van der Waals surface area contributed by atoms with Crippen molar-refractivity contribution >= 4 is 12.0 Å². The van der Waals surface area contributed by atoms with Crippen LogP contribution in [0.4, 0.5) is 4.79 Å². The van der Waals surface area contributed by atoms with Gasteiger partial charge in [-0.1, -0.05) is 0 Å². The molecule has 0 aromatic carbocycles. The molecule has 0 aromatic rings. The highest BCUT2D eigenvalue weighted by Gasteiger charge is 2.43. The molecule has 0 spiro atoms. The van der Waals surface area contributed by atoms with E-state index in [1.807, 2.05) is 0 Å². The molecule has 2 amide bonds. The van der Waals surface area contributed by atoms with E-state index in [0.29, 0.717) is 19.5 Å². The highest BCUT2D eigenvalue weighted by atomic mass is 16.5. The molecule has 2 aliphatic rings. The van der Waals surface area contributed by atoms with Gasteiger partial charge in [0, 0.05) is 32.7 Å². The number of aliphatic carboxylic acids is 1. The predicted molar refractivity (Wildman–Crippen MR) is 77.3 cm³/mol. The van der Waals surface area contributed by atoms with Crippen molar-refractivity contribution in [1.29, 1.82) is 0 Å². The van der Waals surface area contributed by atoms with Crippen LogP contribution in [0.5, 0.6) is 0 Å². The lowest BCUT2D eigenvalue weighted by Gasteiger charge is -2.41. The fourth-order valence-corrected chi connectivity index (χ4v) is 2.91. The summed E-state index contributed by atoms with van der Waals surface area (Å²) in [7, 11) is 0. The summed E-state index contributed by atoms with van der Waals surface area (Å²) in [5, 5.41) is 12.3. The molecule has 21 heavy (non-hydrogen) atoms. The first-order valence-corrected chi connectivity index (χ1v) is 7.63. The molecule has 2 aliphatic heterocycles. The molecule has 7 nitrogen and oxygen atoms in total. The number of amides is 2. The molecule has 2 fully saturated rings. The van der Waals surface area contributed by atoms with Gasteiger partial charge in [-0.25, -0.2) is 9.59 Å². The standard InChI is InChI=1S/C14H25N3O4/c1-14(12(18)19)4-2-3-6-17(14)13(20)15-5-7-16-8-10-21-11-9-16/h2-11H2,1H3,(H,15,20)(H,18,19). The molecular weight excluding hydrogens is 274 g/mol. The number of morpholine rings is 1. The Morgan fingerprint density at radius 1 is 1.24 bits per heavy atom. The van der Waals surface area contributed by atoms with Gasteiger partial charge in [-0.2, -0.15) is 0 Å². The number of likely N-dealkylation sites (tertiary alicyclic amines) is 1. The van der Waals surface area contributed by atoms with Crippen LogP contribution >= 0.6 is 0 Å². The van der Waals surface area contributed by atoms with E-state index < -0.39 is 11.5 Å². The average molecular weight is 299 g/mol. The molecule has 0 radical (unpaired) electrons. The van der Waals surface area contributed by atoms with E-state index in [1.165, 1.54) is 4.90 Å². The van der Waals surface area contributed by atoms with Crippen molar-refractivity contribution in [2.24, 2.45) is 0 Å². The number of hydrogen-bond acceptors (Lipinski definition) is 4. The van der Waals surface area contributed by atoms with Crippen molar-refractivity contribution < 1.29 is 19.4 Å². The van der Waals surface area contributed by atoms with Crippen molar-refractivity contribution in [3.63, 3.8) is 0 Å². The zero-order valence-corrected chi connectivity index (χ0v) is 12.6. The summed E-state index contributed by atoms with van der Waals surface area (Å²) in [5.41, 5.74) is -1.08. The van der Waals surface area contributed by atoms with E-state index in [0.717, 1.165) is 45.7 Å². The van der Waals surface area contributed by atoms with Crippen LogP contribution < -0.4 is 5.32 Å². The van der Waals surface area contributed by atoms with Crippen LogP contribution in [0.3, 0.4) is 0 Å². The van der Waals surface area contributed by atoms with Gasteiger partial charge in [-0.15, -0.1) is 0 Å². The van der Waals surface area contributed by atoms with Gasteiger partial charge in [0.05, 0.1) is 13.2 Å². The number of urea groups is 1. The second-order valence-electron chi connectivity index (χ2n) is 5.87. The number of piperidine rings is 1. The minimum Gasteiger partial charge on any atom is -0.480 e. The Labute approximate surface area is 125 Å². The number of nitrogens with zero attached hydrogens (tertiary/aromatic N) is 2. The summed E-state index contributed by atoms with van der Waals surface area (Å²) in [5.74, 6) is -0.925. The van der Waals surface area contributed by atoms with E-state index >= 15 is 0 Å². The molecule has 2 saturated heterocycles. The quantitative estimate of drug-likeness (QED) is 0.783. The molecule has 7 heteroatoms. The van der Waals surface area contributed by atoms with Crippen LogP contribution in [0, 0.1) is 0 Å². The predicted octanol–water partition coefficient (Wildman–Crippen LogP) is 0.357. The molecule has 0 aromatic heterocycles. The van der Waals surface area contributed by atoms with E-state index in [4.69, 9.17) is 4.74 Å². The summed E-state index contributed by atoms with van der Waals surface area (Å²) in [6, 6.07) is -0.271. The zero-order valence-electron chi connectivity index (χ0n) is 12.6. The monoisotopic (exact) mass is 299 g/mol. The molecule has 0 saturated carbocycles. The lowest BCUT2D eigenvalue weighted by atomic mass is 9.89. The topological polar surface area (TPSA) is 82.1 Å². The van der Waals surface area contributed by atoms with Crippen molar-refractivity contribution in [3.8, 4) is 0 Å². The molecule has 0 aliphatic carbocycles. The second kappa shape index (κ2) is 7.09.